The highest BCUT2D eigenvalue weighted by Crippen LogP contribution is 2.34. The molecule has 2 heterocycles. The second-order valence-corrected chi connectivity index (χ2v) is 7.64. The number of hydrogen-bond donors (Lipinski definition) is 2. The Bertz CT molecular complexity index is 1200. The second kappa shape index (κ2) is 7.00. The van der Waals surface area contributed by atoms with Crippen LogP contribution >= 0.6 is 11.6 Å². The van der Waals surface area contributed by atoms with Crippen LogP contribution in [0.15, 0.2) is 48.5 Å². The normalized spacial score (nSPS) is 13.7. The van der Waals surface area contributed by atoms with Gasteiger partial charge in [0.1, 0.15) is 11.6 Å². The van der Waals surface area contributed by atoms with E-state index in [2.05, 4.69) is 15.4 Å². The fourth-order valence-corrected chi connectivity index (χ4v) is 3.46. The third-order valence-corrected chi connectivity index (χ3v) is 5.22. The van der Waals surface area contributed by atoms with Crippen molar-refractivity contribution in [2.75, 3.05) is 17.6 Å². The van der Waals surface area contributed by atoms with Gasteiger partial charge >= 0.3 is 0 Å². The Kier molecular flexibility index (Phi) is 4.32. The van der Waals surface area contributed by atoms with Crippen LogP contribution in [-0.2, 0) is 0 Å². The molecule has 4 aromatic rings. The average Bonchev–Trinajstić information content (AvgIpc) is 3.49. The number of rotatable bonds is 5. The highest BCUT2D eigenvalue weighted by atomic mass is 35.5. The SMILES string of the molecule is Nc1c2c(-c3cccc(Cl)c3)nc(NCC3CC3)nc2nn1-c1ccc(F)cc1. The molecule has 3 N–H and O–H groups in total. The van der Waals surface area contributed by atoms with E-state index in [0.29, 0.717) is 45.1 Å². The number of nitrogen functional groups attached to an aromatic ring is 1. The first-order valence-corrected chi connectivity index (χ1v) is 9.78. The van der Waals surface area contributed by atoms with E-state index in [1.54, 1.807) is 22.9 Å². The van der Waals surface area contributed by atoms with Gasteiger partial charge in [-0.2, -0.15) is 4.98 Å². The van der Waals surface area contributed by atoms with Crippen LogP contribution in [0, 0.1) is 11.7 Å². The molecular weight excluding hydrogens is 391 g/mol. The lowest BCUT2D eigenvalue weighted by molar-refractivity contribution is 0.627. The number of nitrogens with two attached hydrogens (primary N) is 1. The minimum absolute atomic E-state index is 0.324. The maximum absolute atomic E-state index is 13.3. The average molecular weight is 409 g/mol. The van der Waals surface area contributed by atoms with Crippen LogP contribution < -0.4 is 11.1 Å². The third-order valence-electron chi connectivity index (χ3n) is 4.98. The Morgan fingerprint density at radius 2 is 1.93 bits per heavy atom. The summed E-state index contributed by atoms with van der Waals surface area (Å²) in [5.41, 5.74) is 9.03. The summed E-state index contributed by atoms with van der Waals surface area (Å²) in [7, 11) is 0. The summed E-state index contributed by atoms with van der Waals surface area (Å²) >= 11 is 6.21. The molecule has 2 aromatic heterocycles. The van der Waals surface area contributed by atoms with Crippen LogP contribution in [0.25, 0.3) is 28.0 Å². The molecule has 0 amide bonds. The molecule has 1 aliphatic rings. The number of halogens is 2. The monoisotopic (exact) mass is 408 g/mol. The summed E-state index contributed by atoms with van der Waals surface area (Å²) < 4.78 is 14.9. The summed E-state index contributed by atoms with van der Waals surface area (Å²) in [5, 5.41) is 9.11. The summed E-state index contributed by atoms with van der Waals surface area (Å²) in [5.74, 6) is 1.24. The Balaban J connectivity index is 1.69. The van der Waals surface area contributed by atoms with Crippen LogP contribution in [-0.4, -0.2) is 26.3 Å². The van der Waals surface area contributed by atoms with Gasteiger partial charge in [-0.15, -0.1) is 5.10 Å². The predicted octanol–water partition coefficient (Wildman–Crippen LogP) is 4.68. The van der Waals surface area contributed by atoms with E-state index >= 15 is 0 Å². The second-order valence-electron chi connectivity index (χ2n) is 7.20. The molecule has 0 radical (unpaired) electrons. The van der Waals surface area contributed by atoms with E-state index in [0.717, 1.165) is 12.1 Å². The first kappa shape index (κ1) is 17.9. The molecule has 0 bridgehead atoms. The van der Waals surface area contributed by atoms with Crippen molar-refractivity contribution in [3.63, 3.8) is 0 Å². The molecule has 1 saturated carbocycles. The highest BCUT2D eigenvalue weighted by molar-refractivity contribution is 6.30. The zero-order valence-corrected chi connectivity index (χ0v) is 16.2. The van der Waals surface area contributed by atoms with Crippen LogP contribution in [0.5, 0.6) is 0 Å². The molecular formula is C21H18ClFN6. The maximum Gasteiger partial charge on any atom is 0.225 e. The third kappa shape index (κ3) is 3.49. The molecule has 2 aromatic carbocycles. The number of aromatic nitrogens is 4. The van der Waals surface area contributed by atoms with Crippen molar-refractivity contribution in [2.24, 2.45) is 5.92 Å². The summed E-state index contributed by atoms with van der Waals surface area (Å²) in [6, 6.07) is 13.4. The Morgan fingerprint density at radius 1 is 1.14 bits per heavy atom. The summed E-state index contributed by atoms with van der Waals surface area (Å²) in [4.78, 5) is 9.29. The van der Waals surface area contributed by atoms with Gasteiger partial charge in [0.05, 0.1) is 16.8 Å². The zero-order chi connectivity index (χ0) is 20.0. The van der Waals surface area contributed by atoms with Gasteiger partial charge in [0, 0.05) is 17.1 Å². The van der Waals surface area contributed by atoms with E-state index in [-0.39, 0.29) is 5.82 Å². The van der Waals surface area contributed by atoms with Crippen LogP contribution in [0.3, 0.4) is 0 Å². The van der Waals surface area contributed by atoms with Crippen molar-refractivity contribution in [1.29, 1.82) is 0 Å². The molecule has 5 rings (SSSR count). The molecule has 0 saturated heterocycles. The van der Waals surface area contributed by atoms with Gasteiger partial charge in [-0.3, -0.25) is 0 Å². The topological polar surface area (TPSA) is 81.7 Å². The number of fused-ring (bicyclic) bond motifs is 1. The Morgan fingerprint density at radius 3 is 2.66 bits per heavy atom. The summed E-state index contributed by atoms with van der Waals surface area (Å²) in [6.45, 7) is 0.828. The Labute approximate surface area is 171 Å². The fraction of sp³-hybridized carbons (Fsp3) is 0.190. The molecule has 0 atom stereocenters. The van der Waals surface area contributed by atoms with Crippen LogP contribution in [0.2, 0.25) is 5.02 Å². The number of hydrogen-bond acceptors (Lipinski definition) is 5. The lowest BCUT2D eigenvalue weighted by Gasteiger charge is -2.08. The van der Waals surface area contributed by atoms with Gasteiger partial charge in [0.2, 0.25) is 5.95 Å². The zero-order valence-electron chi connectivity index (χ0n) is 15.4. The van der Waals surface area contributed by atoms with Crippen molar-refractivity contribution in [3.8, 4) is 16.9 Å². The van der Waals surface area contributed by atoms with Gasteiger partial charge < -0.3 is 11.1 Å². The van der Waals surface area contributed by atoms with Gasteiger partial charge in [0.15, 0.2) is 5.65 Å². The molecule has 1 aliphatic carbocycles. The lowest BCUT2D eigenvalue weighted by atomic mass is 10.1. The van der Waals surface area contributed by atoms with Gasteiger partial charge in [-0.05, 0) is 55.2 Å². The van der Waals surface area contributed by atoms with Gasteiger partial charge in [-0.1, -0.05) is 23.7 Å². The number of benzene rings is 2. The van der Waals surface area contributed by atoms with E-state index in [1.807, 2.05) is 18.2 Å². The first-order chi connectivity index (χ1) is 14.1. The smallest absolute Gasteiger partial charge is 0.225 e. The molecule has 0 aliphatic heterocycles. The van der Waals surface area contributed by atoms with Gasteiger partial charge in [-0.25, -0.2) is 14.1 Å². The minimum atomic E-state index is -0.324. The van der Waals surface area contributed by atoms with Crippen molar-refractivity contribution < 1.29 is 4.39 Å². The van der Waals surface area contributed by atoms with E-state index in [1.165, 1.54) is 25.0 Å². The lowest BCUT2D eigenvalue weighted by Crippen LogP contribution is -2.07. The minimum Gasteiger partial charge on any atom is -0.383 e. The largest absolute Gasteiger partial charge is 0.383 e. The summed E-state index contributed by atoms with van der Waals surface area (Å²) in [6.07, 6.45) is 2.45. The molecule has 6 nitrogen and oxygen atoms in total. The van der Waals surface area contributed by atoms with Crippen molar-refractivity contribution in [1.82, 2.24) is 19.7 Å². The van der Waals surface area contributed by atoms with Crippen LogP contribution in [0.1, 0.15) is 12.8 Å². The van der Waals surface area contributed by atoms with E-state index in [9.17, 15) is 4.39 Å². The van der Waals surface area contributed by atoms with Crippen molar-refractivity contribution in [2.45, 2.75) is 12.8 Å². The molecule has 1 fully saturated rings. The first-order valence-electron chi connectivity index (χ1n) is 9.40. The predicted molar refractivity (Wildman–Crippen MR) is 113 cm³/mol. The van der Waals surface area contributed by atoms with Crippen molar-refractivity contribution in [3.05, 3.63) is 59.4 Å². The van der Waals surface area contributed by atoms with Gasteiger partial charge in [0.25, 0.3) is 0 Å². The highest BCUT2D eigenvalue weighted by Gasteiger charge is 2.23. The molecule has 0 unspecified atom stereocenters. The van der Waals surface area contributed by atoms with Crippen molar-refractivity contribution >= 4 is 34.4 Å². The number of nitrogens with one attached hydrogen (secondary N) is 1. The Hall–Kier alpha value is -3.19. The fourth-order valence-electron chi connectivity index (χ4n) is 3.27. The number of nitrogens with zero attached hydrogens (tertiary/aromatic N) is 4. The molecule has 8 heteroatoms. The van der Waals surface area contributed by atoms with E-state index < -0.39 is 0 Å². The van der Waals surface area contributed by atoms with E-state index in [4.69, 9.17) is 22.3 Å². The standard InChI is InChI=1S/C21H18ClFN6/c22-14-3-1-2-13(10-14)18-17-19(24)29(16-8-6-15(23)7-9-16)28-20(17)27-21(26-18)25-11-12-4-5-12/h1-3,6-10,12H,4-5,11,24H2,(H,25,27,28). The van der Waals surface area contributed by atoms with Crippen LogP contribution in [0.4, 0.5) is 16.2 Å². The quantitative estimate of drug-likeness (QED) is 0.501. The molecule has 146 valence electrons. The maximum atomic E-state index is 13.3. The molecule has 0 spiro atoms. The molecule has 29 heavy (non-hydrogen) atoms. The number of anilines is 2.